The van der Waals surface area contributed by atoms with Crippen molar-refractivity contribution in [2.75, 3.05) is 13.1 Å². The third-order valence-corrected chi connectivity index (χ3v) is 2.86. The molecule has 2 rings (SSSR count). The Labute approximate surface area is 118 Å². The Balaban J connectivity index is 1.59. The van der Waals surface area contributed by atoms with Crippen LogP contribution >= 0.6 is 0 Å². The molecule has 0 saturated heterocycles. The van der Waals surface area contributed by atoms with Crippen molar-refractivity contribution in [2.45, 2.75) is 12.8 Å². The molecular formula is C15H18N4O. The van der Waals surface area contributed by atoms with Crippen molar-refractivity contribution in [1.82, 2.24) is 20.6 Å². The number of nitrogens with zero attached hydrogens (tertiary/aromatic N) is 2. The number of amides is 2. The number of aromatic nitrogens is 2. The van der Waals surface area contributed by atoms with Gasteiger partial charge in [-0.25, -0.2) is 14.8 Å². The molecule has 0 aliphatic carbocycles. The Hall–Kier alpha value is -2.43. The fourth-order valence-electron chi connectivity index (χ4n) is 1.81. The van der Waals surface area contributed by atoms with Crippen molar-refractivity contribution in [3.8, 4) is 0 Å². The van der Waals surface area contributed by atoms with Crippen molar-refractivity contribution < 1.29 is 4.79 Å². The van der Waals surface area contributed by atoms with Crippen molar-refractivity contribution in [1.29, 1.82) is 0 Å². The number of nitrogens with one attached hydrogen (secondary N) is 2. The molecule has 1 heterocycles. The van der Waals surface area contributed by atoms with E-state index in [1.165, 1.54) is 11.9 Å². The summed E-state index contributed by atoms with van der Waals surface area (Å²) in [6, 6.07) is 9.94. The highest BCUT2D eigenvalue weighted by molar-refractivity contribution is 5.73. The van der Waals surface area contributed by atoms with Gasteiger partial charge in [-0.05, 0) is 24.0 Å². The molecule has 0 aliphatic heterocycles. The van der Waals surface area contributed by atoms with Gasteiger partial charge in [0.1, 0.15) is 6.33 Å². The van der Waals surface area contributed by atoms with E-state index in [1.807, 2.05) is 18.2 Å². The molecule has 0 aliphatic rings. The molecule has 2 N–H and O–H groups in total. The van der Waals surface area contributed by atoms with Gasteiger partial charge in [0, 0.05) is 25.5 Å². The normalized spacial score (nSPS) is 10.0. The first-order valence-corrected chi connectivity index (χ1v) is 6.64. The lowest BCUT2D eigenvalue weighted by Gasteiger charge is -2.07. The minimum atomic E-state index is -0.141. The largest absolute Gasteiger partial charge is 0.338 e. The van der Waals surface area contributed by atoms with E-state index in [1.54, 1.807) is 12.4 Å². The van der Waals surface area contributed by atoms with Crippen LogP contribution in [0.25, 0.3) is 0 Å². The van der Waals surface area contributed by atoms with Gasteiger partial charge < -0.3 is 10.6 Å². The van der Waals surface area contributed by atoms with Gasteiger partial charge in [-0.2, -0.15) is 0 Å². The highest BCUT2D eigenvalue weighted by Gasteiger charge is 2.00. The lowest BCUT2D eigenvalue weighted by Crippen LogP contribution is -2.37. The predicted molar refractivity (Wildman–Crippen MR) is 77.3 cm³/mol. The molecular weight excluding hydrogens is 252 g/mol. The molecule has 0 fully saturated rings. The number of carbonyl (C=O) groups excluding carboxylic acids is 1. The number of urea groups is 1. The van der Waals surface area contributed by atoms with Crippen molar-refractivity contribution in [3.05, 3.63) is 60.2 Å². The van der Waals surface area contributed by atoms with Crippen LogP contribution in [0.5, 0.6) is 0 Å². The van der Waals surface area contributed by atoms with Gasteiger partial charge in [0.2, 0.25) is 0 Å². The van der Waals surface area contributed by atoms with E-state index in [4.69, 9.17) is 0 Å². The first kappa shape index (κ1) is 14.0. The van der Waals surface area contributed by atoms with Gasteiger partial charge in [0.05, 0.1) is 0 Å². The number of hydrogen-bond acceptors (Lipinski definition) is 3. The zero-order valence-electron chi connectivity index (χ0n) is 11.2. The number of benzene rings is 1. The quantitative estimate of drug-likeness (QED) is 0.837. The summed E-state index contributed by atoms with van der Waals surface area (Å²) < 4.78 is 0. The maximum atomic E-state index is 11.6. The minimum absolute atomic E-state index is 0.141. The number of hydrogen-bond donors (Lipinski definition) is 2. The molecule has 1 aromatic carbocycles. The summed E-state index contributed by atoms with van der Waals surface area (Å²) in [6.45, 7) is 1.20. The van der Waals surface area contributed by atoms with Crippen LogP contribution in [-0.4, -0.2) is 29.1 Å². The van der Waals surface area contributed by atoms with E-state index < -0.39 is 0 Å². The Bertz CT molecular complexity index is 468. The van der Waals surface area contributed by atoms with Gasteiger partial charge in [0.15, 0.2) is 0 Å². The van der Waals surface area contributed by atoms with Crippen LogP contribution in [-0.2, 0) is 12.8 Å². The zero-order valence-corrected chi connectivity index (χ0v) is 11.2. The molecule has 0 spiro atoms. The Morgan fingerprint density at radius 2 is 1.50 bits per heavy atom. The summed E-state index contributed by atoms with van der Waals surface area (Å²) in [5.74, 6) is 0. The van der Waals surface area contributed by atoms with E-state index in [0.29, 0.717) is 13.1 Å². The van der Waals surface area contributed by atoms with Crippen LogP contribution in [0.3, 0.4) is 0 Å². The fourth-order valence-corrected chi connectivity index (χ4v) is 1.81. The minimum Gasteiger partial charge on any atom is -0.338 e. The standard InChI is InChI=1S/C15H18N4O/c20-15(18-8-6-13-4-2-1-3-5-13)19-9-7-14-10-16-12-17-11-14/h1-5,10-12H,6-9H2,(H2,18,19,20). The van der Waals surface area contributed by atoms with Crippen molar-refractivity contribution in [3.63, 3.8) is 0 Å². The SMILES string of the molecule is O=C(NCCc1ccccc1)NCCc1cncnc1. The van der Waals surface area contributed by atoms with Gasteiger partial charge in [0.25, 0.3) is 0 Å². The van der Waals surface area contributed by atoms with Crippen LogP contribution in [0.4, 0.5) is 4.79 Å². The summed E-state index contributed by atoms with van der Waals surface area (Å²) >= 11 is 0. The molecule has 0 unspecified atom stereocenters. The van der Waals surface area contributed by atoms with Crippen LogP contribution in [0.15, 0.2) is 49.1 Å². The van der Waals surface area contributed by atoms with Gasteiger partial charge in [-0.15, -0.1) is 0 Å². The lowest BCUT2D eigenvalue weighted by molar-refractivity contribution is 0.241. The van der Waals surface area contributed by atoms with Gasteiger partial charge >= 0.3 is 6.03 Å². The van der Waals surface area contributed by atoms with Crippen LogP contribution < -0.4 is 10.6 Å². The molecule has 2 amide bonds. The molecule has 0 atom stereocenters. The van der Waals surface area contributed by atoms with Gasteiger partial charge in [-0.3, -0.25) is 0 Å². The first-order chi connectivity index (χ1) is 9.84. The summed E-state index contributed by atoms with van der Waals surface area (Å²) in [5.41, 5.74) is 2.23. The summed E-state index contributed by atoms with van der Waals surface area (Å²) in [6.07, 6.45) is 6.56. The maximum Gasteiger partial charge on any atom is 0.314 e. The first-order valence-electron chi connectivity index (χ1n) is 6.64. The molecule has 2 aromatic rings. The van der Waals surface area contributed by atoms with E-state index in [0.717, 1.165) is 18.4 Å². The highest BCUT2D eigenvalue weighted by Crippen LogP contribution is 1.98. The second kappa shape index (κ2) is 7.89. The summed E-state index contributed by atoms with van der Waals surface area (Å²) in [4.78, 5) is 19.4. The lowest BCUT2D eigenvalue weighted by atomic mass is 10.1. The second-order valence-corrected chi connectivity index (χ2v) is 4.42. The average molecular weight is 270 g/mol. The summed E-state index contributed by atoms with van der Waals surface area (Å²) in [5, 5.41) is 5.65. The predicted octanol–water partition coefficient (Wildman–Crippen LogP) is 1.56. The molecule has 5 heteroatoms. The number of carbonyl (C=O) groups is 1. The van der Waals surface area contributed by atoms with E-state index in [2.05, 4.69) is 32.7 Å². The molecule has 104 valence electrons. The van der Waals surface area contributed by atoms with Crippen LogP contribution in [0.2, 0.25) is 0 Å². The topological polar surface area (TPSA) is 66.9 Å². The molecule has 0 radical (unpaired) electrons. The van der Waals surface area contributed by atoms with Crippen molar-refractivity contribution >= 4 is 6.03 Å². The maximum absolute atomic E-state index is 11.6. The molecule has 0 bridgehead atoms. The van der Waals surface area contributed by atoms with E-state index >= 15 is 0 Å². The average Bonchev–Trinajstić information content (AvgIpc) is 2.49. The molecule has 1 aromatic heterocycles. The molecule has 20 heavy (non-hydrogen) atoms. The van der Waals surface area contributed by atoms with E-state index in [9.17, 15) is 4.79 Å². The third kappa shape index (κ3) is 5.06. The second-order valence-electron chi connectivity index (χ2n) is 4.42. The monoisotopic (exact) mass is 270 g/mol. The summed E-state index contributed by atoms with van der Waals surface area (Å²) in [7, 11) is 0. The number of rotatable bonds is 6. The Morgan fingerprint density at radius 3 is 2.15 bits per heavy atom. The molecule has 5 nitrogen and oxygen atoms in total. The Morgan fingerprint density at radius 1 is 0.900 bits per heavy atom. The van der Waals surface area contributed by atoms with Crippen LogP contribution in [0.1, 0.15) is 11.1 Å². The highest BCUT2D eigenvalue weighted by atomic mass is 16.2. The zero-order chi connectivity index (χ0) is 14.0. The fraction of sp³-hybridized carbons (Fsp3) is 0.267. The smallest absolute Gasteiger partial charge is 0.314 e. The third-order valence-electron chi connectivity index (χ3n) is 2.86. The Kier molecular flexibility index (Phi) is 5.52. The molecule has 0 saturated carbocycles. The van der Waals surface area contributed by atoms with E-state index in [-0.39, 0.29) is 6.03 Å². The van der Waals surface area contributed by atoms with Crippen LogP contribution in [0, 0.1) is 0 Å². The van der Waals surface area contributed by atoms with Gasteiger partial charge in [-0.1, -0.05) is 30.3 Å². The van der Waals surface area contributed by atoms with Crippen molar-refractivity contribution in [2.24, 2.45) is 0 Å².